The van der Waals surface area contributed by atoms with Gasteiger partial charge in [-0.2, -0.15) is 0 Å². The van der Waals surface area contributed by atoms with Crippen LogP contribution in [0.3, 0.4) is 0 Å². The molecule has 0 saturated carbocycles. The minimum Gasteiger partial charge on any atom is -0.397 e. The molecule has 1 rings (SSSR count). The quantitative estimate of drug-likeness (QED) is 0.446. The van der Waals surface area contributed by atoms with Gasteiger partial charge in [-0.25, -0.2) is 13.6 Å². The van der Waals surface area contributed by atoms with Gasteiger partial charge in [-0.1, -0.05) is 6.92 Å². The van der Waals surface area contributed by atoms with Crippen LogP contribution in [0.4, 0.5) is 11.4 Å². The van der Waals surface area contributed by atoms with E-state index in [4.69, 9.17) is 10.9 Å². The van der Waals surface area contributed by atoms with E-state index in [2.05, 4.69) is 5.32 Å². The number of hydrogen-bond donors (Lipinski definition) is 5. The normalized spacial score (nSPS) is 12.4. The molecule has 1 aromatic rings. The van der Waals surface area contributed by atoms with E-state index in [9.17, 15) is 18.6 Å². The van der Waals surface area contributed by atoms with Gasteiger partial charge >= 0.3 is 0 Å². The van der Waals surface area contributed by atoms with Gasteiger partial charge in [0.1, 0.15) is 0 Å². The van der Waals surface area contributed by atoms with Crippen LogP contribution in [0.25, 0.3) is 0 Å². The van der Waals surface area contributed by atoms with Crippen molar-refractivity contribution in [1.29, 1.82) is 0 Å². The van der Waals surface area contributed by atoms with Gasteiger partial charge in [-0.15, -0.1) is 0 Å². The minimum absolute atomic E-state index is 0.0925. The van der Waals surface area contributed by atoms with Crippen LogP contribution in [0.5, 0.6) is 0 Å². The summed E-state index contributed by atoms with van der Waals surface area (Å²) in [6, 6.07) is 3.97. The summed E-state index contributed by atoms with van der Waals surface area (Å²) in [6.07, 6.45) is 0.430. The maximum atomic E-state index is 11.3. The number of sulfonamides is 1. The smallest absolute Gasteiger partial charge is 0.238 e. The molecule has 0 aliphatic heterocycles. The molecule has 108 valence electrons. The first kappa shape index (κ1) is 15.7. The van der Waals surface area contributed by atoms with Gasteiger partial charge < -0.3 is 21.3 Å². The van der Waals surface area contributed by atoms with Crippen LogP contribution in [0.1, 0.15) is 13.3 Å². The number of nitrogen functional groups attached to an aromatic ring is 1. The van der Waals surface area contributed by atoms with E-state index in [1.807, 2.05) is 0 Å². The second-order valence-electron chi connectivity index (χ2n) is 4.37. The van der Waals surface area contributed by atoms with E-state index >= 15 is 0 Å². The second kappa shape index (κ2) is 5.74. The Morgan fingerprint density at radius 1 is 1.32 bits per heavy atom. The van der Waals surface area contributed by atoms with Crippen LogP contribution in [0.15, 0.2) is 23.1 Å². The zero-order chi connectivity index (χ0) is 14.7. The van der Waals surface area contributed by atoms with Gasteiger partial charge in [-0.3, -0.25) is 0 Å². The first-order chi connectivity index (χ1) is 8.78. The predicted octanol–water partition coefficient (Wildman–Crippen LogP) is -0.538. The Labute approximate surface area is 112 Å². The summed E-state index contributed by atoms with van der Waals surface area (Å²) in [7, 11) is -3.84. The van der Waals surface area contributed by atoms with Crippen LogP contribution in [-0.2, 0) is 10.0 Å². The Balaban J connectivity index is 3.20. The van der Waals surface area contributed by atoms with E-state index in [1.54, 1.807) is 6.92 Å². The van der Waals surface area contributed by atoms with Crippen molar-refractivity contribution < 1.29 is 18.6 Å². The number of rotatable bonds is 6. The lowest BCUT2D eigenvalue weighted by molar-refractivity contribution is 0.132. The molecule has 0 fully saturated rings. The Morgan fingerprint density at radius 2 is 1.89 bits per heavy atom. The number of nitrogens with two attached hydrogens (primary N) is 2. The number of aliphatic hydroxyl groups excluding tert-OH is 2. The molecule has 8 heteroatoms. The summed E-state index contributed by atoms with van der Waals surface area (Å²) in [5, 5.41) is 26.6. The highest BCUT2D eigenvalue weighted by atomic mass is 32.2. The Bertz CT molecular complexity index is 533. The van der Waals surface area contributed by atoms with Crippen molar-refractivity contribution in [1.82, 2.24) is 0 Å². The SMILES string of the molecule is CCC(CO)(CO)Nc1cc(S(N)(=O)=O)ccc1N. The molecule has 0 heterocycles. The zero-order valence-corrected chi connectivity index (χ0v) is 11.4. The minimum atomic E-state index is -3.84. The molecule has 7 N–H and O–H groups in total. The number of nitrogens with one attached hydrogen (secondary N) is 1. The van der Waals surface area contributed by atoms with Crippen molar-refractivity contribution in [2.45, 2.75) is 23.8 Å². The fourth-order valence-electron chi connectivity index (χ4n) is 1.55. The molecule has 1 aromatic carbocycles. The molecule has 0 bridgehead atoms. The third-order valence-corrected chi connectivity index (χ3v) is 3.95. The molecule has 0 spiro atoms. The Hall–Kier alpha value is -1.35. The van der Waals surface area contributed by atoms with Gasteiger partial charge in [0.05, 0.1) is 35.0 Å². The van der Waals surface area contributed by atoms with Gasteiger partial charge in [0, 0.05) is 0 Å². The fraction of sp³-hybridized carbons (Fsp3) is 0.455. The molecule has 0 unspecified atom stereocenters. The highest BCUT2D eigenvalue weighted by molar-refractivity contribution is 7.89. The average molecular weight is 289 g/mol. The van der Waals surface area contributed by atoms with Crippen molar-refractivity contribution in [3.05, 3.63) is 18.2 Å². The molecule has 7 nitrogen and oxygen atoms in total. The summed E-state index contributed by atoms with van der Waals surface area (Å²) in [5.74, 6) is 0. The largest absolute Gasteiger partial charge is 0.397 e. The topological polar surface area (TPSA) is 139 Å². The van der Waals surface area contributed by atoms with Crippen LogP contribution in [0, 0.1) is 0 Å². The Morgan fingerprint density at radius 3 is 2.32 bits per heavy atom. The third-order valence-electron chi connectivity index (χ3n) is 3.04. The van der Waals surface area contributed by atoms with E-state index in [1.165, 1.54) is 18.2 Å². The average Bonchev–Trinajstić information content (AvgIpc) is 2.37. The molecule has 0 aromatic heterocycles. The van der Waals surface area contributed by atoms with Crippen molar-refractivity contribution >= 4 is 21.4 Å². The number of primary sulfonamides is 1. The summed E-state index contributed by atoms with van der Waals surface area (Å²) >= 11 is 0. The first-order valence-corrected chi connectivity index (χ1v) is 7.25. The summed E-state index contributed by atoms with van der Waals surface area (Å²) < 4.78 is 22.6. The maximum Gasteiger partial charge on any atom is 0.238 e. The summed E-state index contributed by atoms with van der Waals surface area (Å²) in [4.78, 5) is -0.0925. The Kier molecular flexibility index (Phi) is 4.75. The number of hydrogen-bond acceptors (Lipinski definition) is 6. The van der Waals surface area contributed by atoms with Crippen LogP contribution < -0.4 is 16.2 Å². The van der Waals surface area contributed by atoms with E-state index in [0.717, 1.165) is 0 Å². The van der Waals surface area contributed by atoms with E-state index in [0.29, 0.717) is 17.8 Å². The van der Waals surface area contributed by atoms with Crippen LogP contribution in [-0.4, -0.2) is 37.4 Å². The monoisotopic (exact) mass is 289 g/mol. The van der Waals surface area contributed by atoms with Gasteiger partial charge in [0.15, 0.2) is 0 Å². The molecular formula is C11H19N3O4S. The summed E-state index contributed by atoms with van der Waals surface area (Å²) in [5.41, 5.74) is 5.38. The number of aliphatic hydroxyl groups is 2. The van der Waals surface area contributed by atoms with Crippen molar-refractivity contribution in [2.24, 2.45) is 5.14 Å². The maximum absolute atomic E-state index is 11.3. The first-order valence-electron chi connectivity index (χ1n) is 5.70. The lowest BCUT2D eigenvalue weighted by Crippen LogP contribution is -2.45. The molecule has 0 amide bonds. The van der Waals surface area contributed by atoms with Crippen molar-refractivity contribution in [2.75, 3.05) is 24.3 Å². The molecule has 19 heavy (non-hydrogen) atoms. The fourth-order valence-corrected chi connectivity index (χ4v) is 2.09. The lowest BCUT2D eigenvalue weighted by Gasteiger charge is -2.31. The number of anilines is 2. The van der Waals surface area contributed by atoms with Gasteiger partial charge in [0.25, 0.3) is 0 Å². The molecule has 0 saturated heterocycles. The number of benzene rings is 1. The van der Waals surface area contributed by atoms with Gasteiger partial charge in [-0.05, 0) is 24.6 Å². The lowest BCUT2D eigenvalue weighted by atomic mass is 9.98. The van der Waals surface area contributed by atoms with Crippen molar-refractivity contribution in [3.63, 3.8) is 0 Å². The van der Waals surface area contributed by atoms with E-state index in [-0.39, 0.29) is 18.1 Å². The second-order valence-corrected chi connectivity index (χ2v) is 5.93. The molecular weight excluding hydrogens is 270 g/mol. The highest BCUT2D eigenvalue weighted by Crippen LogP contribution is 2.26. The van der Waals surface area contributed by atoms with Crippen molar-refractivity contribution in [3.8, 4) is 0 Å². The molecule has 0 radical (unpaired) electrons. The highest BCUT2D eigenvalue weighted by Gasteiger charge is 2.27. The molecule has 0 atom stereocenters. The molecule has 0 aliphatic carbocycles. The van der Waals surface area contributed by atoms with Crippen LogP contribution in [0.2, 0.25) is 0 Å². The third kappa shape index (κ3) is 3.57. The van der Waals surface area contributed by atoms with E-state index < -0.39 is 15.6 Å². The van der Waals surface area contributed by atoms with Crippen LogP contribution >= 0.6 is 0 Å². The standard InChI is InChI=1S/C11H19N3O4S/c1-2-11(6-15,7-16)14-10-5-8(19(13,17)18)3-4-9(10)12/h3-5,14-16H,2,6-7,12H2,1H3,(H2,13,17,18). The predicted molar refractivity (Wildman–Crippen MR) is 73.0 cm³/mol. The zero-order valence-electron chi connectivity index (χ0n) is 10.6. The van der Waals surface area contributed by atoms with Gasteiger partial charge in [0.2, 0.25) is 10.0 Å². The molecule has 0 aliphatic rings. The summed E-state index contributed by atoms with van der Waals surface area (Å²) in [6.45, 7) is 1.14.